The summed E-state index contributed by atoms with van der Waals surface area (Å²) in [6, 6.07) is 0. The van der Waals surface area contributed by atoms with E-state index in [1.165, 1.54) is 116 Å². The number of ether oxygens (including phenoxy) is 3. The summed E-state index contributed by atoms with van der Waals surface area (Å²) in [7, 11) is 0. The second-order valence-electron chi connectivity index (χ2n) is 17.8. The first-order valence-corrected chi connectivity index (χ1v) is 27.1. The Balaban J connectivity index is 4.35. The molecule has 64 heavy (non-hydrogen) atoms. The lowest BCUT2D eigenvalue weighted by atomic mass is 10.0. The second-order valence-corrected chi connectivity index (χ2v) is 17.8. The van der Waals surface area contributed by atoms with Crippen molar-refractivity contribution in [1.82, 2.24) is 0 Å². The summed E-state index contributed by atoms with van der Waals surface area (Å²) in [5, 5.41) is 0. The lowest BCUT2D eigenvalue weighted by Crippen LogP contribution is -2.30. The molecule has 5 heteroatoms. The van der Waals surface area contributed by atoms with Crippen molar-refractivity contribution in [2.75, 3.05) is 19.8 Å². The van der Waals surface area contributed by atoms with E-state index < -0.39 is 6.10 Å². The second kappa shape index (κ2) is 54.4. The number of esters is 2. The highest BCUT2D eigenvalue weighted by Gasteiger charge is 2.17. The summed E-state index contributed by atoms with van der Waals surface area (Å²) in [5.41, 5.74) is 0. The average Bonchev–Trinajstić information content (AvgIpc) is 3.30. The Labute approximate surface area is 397 Å². The molecule has 0 amide bonds. The number of carbonyl (C=O) groups is 2. The van der Waals surface area contributed by atoms with E-state index in [2.05, 4.69) is 106 Å². The Morgan fingerprint density at radius 1 is 0.359 bits per heavy atom. The minimum absolute atomic E-state index is 0.0610. The number of unbranched alkanes of at least 4 members (excludes halogenated alkanes) is 24. The standard InChI is InChI=1S/C59H102O5/c1-4-7-10-13-16-19-22-25-28-29-30-31-33-34-37-40-43-46-49-52-58(60)63-56-57(55-62-54-51-48-45-42-39-36-27-24-21-18-15-12-9-6-3)64-59(61)53-50-47-44-41-38-35-32-26-23-20-17-14-11-8-5-2/h7,10,16-17,19-20,25-26,28,30-32,34,37,57H,4-6,8-9,11-15,18,21-24,27,29,33,35-36,38-56H2,1-3H3/b10-7-,19-16-,20-17-,28-25-,31-30-,32-26-,37-34-. The molecule has 0 aliphatic heterocycles. The summed E-state index contributed by atoms with van der Waals surface area (Å²) in [6.45, 7) is 7.66. The quantitative estimate of drug-likeness (QED) is 0.0346. The van der Waals surface area contributed by atoms with Crippen molar-refractivity contribution >= 4 is 11.9 Å². The van der Waals surface area contributed by atoms with Crippen LogP contribution in [0.25, 0.3) is 0 Å². The molecule has 0 spiro atoms. The fraction of sp³-hybridized carbons (Fsp3) is 0.729. The fourth-order valence-electron chi connectivity index (χ4n) is 7.39. The van der Waals surface area contributed by atoms with Crippen LogP contribution in [0.2, 0.25) is 0 Å². The van der Waals surface area contributed by atoms with Gasteiger partial charge in [0.1, 0.15) is 6.61 Å². The number of hydrogen-bond acceptors (Lipinski definition) is 5. The van der Waals surface area contributed by atoms with Gasteiger partial charge in [-0.2, -0.15) is 0 Å². The molecule has 5 nitrogen and oxygen atoms in total. The molecule has 1 atom stereocenters. The molecular weight excluding hydrogens is 789 g/mol. The number of hydrogen-bond donors (Lipinski definition) is 0. The minimum Gasteiger partial charge on any atom is -0.462 e. The van der Waals surface area contributed by atoms with Crippen LogP contribution >= 0.6 is 0 Å². The van der Waals surface area contributed by atoms with Crippen LogP contribution < -0.4 is 0 Å². The molecule has 0 bridgehead atoms. The van der Waals surface area contributed by atoms with Gasteiger partial charge in [-0.3, -0.25) is 9.59 Å². The van der Waals surface area contributed by atoms with Gasteiger partial charge in [-0.15, -0.1) is 0 Å². The molecule has 0 aromatic carbocycles. The Bertz CT molecular complexity index is 1190. The topological polar surface area (TPSA) is 61.8 Å². The zero-order valence-electron chi connectivity index (χ0n) is 42.3. The Kier molecular flexibility index (Phi) is 51.9. The third-order valence-electron chi connectivity index (χ3n) is 11.4. The van der Waals surface area contributed by atoms with Crippen molar-refractivity contribution in [2.24, 2.45) is 0 Å². The van der Waals surface area contributed by atoms with Crippen LogP contribution in [0, 0.1) is 0 Å². The van der Waals surface area contributed by atoms with Crippen molar-refractivity contribution in [2.45, 2.75) is 258 Å². The molecule has 0 heterocycles. The molecule has 0 radical (unpaired) electrons. The minimum atomic E-state index is -0.559. The van der Waals surface area contributed by atoms with Crippen molar-refractivity contribution in [1.29, 1.82) is 0 Å². The van der Waals surface area contributed by atoms with Crippen LogP contribution in [0.15, 0.2) is 85.1 Å². The van der Waals surface area contributed by atoms with Crippen molar-refractivity contribution in [3.8, 4) is 0 Å². The molecule has 0 N–H and O–H groups in total. The number of carbonyl (C=O) groups excluding carboxylic acids is 2. The van der Waals surface area contributed by atoms with Crippen molar-refractivity contribution in [3.05, 3.63) is 85.1 Å². The van der Waals surface area contributed by atoms with Gasteiger partial charge in [-0.05, 0) is 96.3 Å². The van der Waals surface area contributed by atoms with Crippen molar-refractivity contribution in [3.63, 3.8) is 0 Å². The maximum atomic E-state index is 12.8. The monoisotopic (exact) mass is 891 g/mol. The summed E-state index contributed by atoms with van der Waals surface area (Å²) in [5.74, 6) is -0.446. The van der Waals surface area contributed by atoms with E-state index in [1.807, 2.05) is 0 Å². The summed E-state index contributed by atoms with van der Waals surface area (Å²) < 4.78 is 17.4. The molecule has 0 saturated carbocycles. The fourth-order valence-corrected chi connectivity index (χ4v) is 7.39. The summed E-state index contributed by atoms with van der Waals surface area (Å²) in [4.78, 5) is 25.4. The predicted octanol–water partition coefficient (Wildman–Crippen LogP) is 18.5. The zero-order valence-corrected chi connectivity index (χ0v) is 42.3. The van der Waals surface area contributed by atoms with Crippen molar-refractivity contribution < 1.29 is 23.8 Å². The molecular formula is C59H102O5. The SMILES string of the molecule is CC/C=C\C/C=C\C/C=C\C/C=C\C/C=C\CCCCCC(=O)OCC(COCCCCCCCCCCCCCCCC)OC(=O)CCCCCCC/C=C\C/C=C\CCCCC. The van der Waals surface area contributed by atoms with Crippen LogP contribution in [-0.2, 0) is 23.8 Å². The highest BCUT2D eigenvalue weighted by atomic mass is 16.6. The molecule has 0 rings (SSSR count). The summed E-state index contributed by atoms with van der Waals surface area (Å²) >= 11 is 0. The van der Waals surface area contributed by atoms with E-state index >= 15 is 0 Å². The molecule has 0 fully saturated rings. The summed E-state index contributed by atoms with van der Waals surface area (Å²) in [6.07, 6.45) is 71.6. The maximum Gasteiger partial charge on any atom is 0.306 e. The lowest BCUT2D eigenvalue weighted by molar-refractivity contribution is -0.163. The van der Waals surface area contributed by atoms with Gasteiger partial charge in [0, 0.05) is 19.4 Å². The van der Waals surface area contributed by atoms with Crippen LogP contribution in [0.4, 0.5) is 0 Å². The average molecular weight is 891 g/mol. The Morgan fingerprint density at radius 2 is 0.703 bits per heavy atom. The highest BCUT2D eigenvalue weighted by molar-refractivity contribution is 5.70. The molecule has 0 aliphatic carbocycles. The number of rotatable bonds is 49. The van der Waals surface area contributed by atoms with Gasteiger partial charge in [0.2, 0.25) is 0 Å². The third kappa shape index (κ3) is 51.7. The van der Waals surface area contributed by atoms with Crippen LogP contribution in [0.5, 0.6) is 0 Å². The van der Waals surface area contributed by atoms with Gasteiger partial charge in [0.05, 0.1) is 6.61 Å². The van der Waals surface area contributed by atoms with Gasteiger partial charge in [-0.25, -0.2) is 0 Å². The highest BCUT2D eigenvalue weighted by Crippen LogP contribution is 2.14. The van der Waals surface area contributed by atoms with Crippen LogP contribution in [-0.4, -0.2) is 37.9 Å². The molecule has 0 aliphatic rings. The zero-order chi connectivity index (χ0) is 46.3. The number of allylic oxidation sites excluding steroid dienone is 14. The molecule has 0 aromatic rings. The maximum absolute atomic E-state index is 12.8. The Hall–Kier alpha value is -2.92. The first-order chi connectivity index (χ1) is 31.6. The van der Waals surface area contributed by atoms with E-state index in [0.717, 1.165) is 103 Å². The molecule has 368 valence electrons. The van der Waals surface area contributed by atoms with Gasteiger partial charge >= 0.3 is 11.9 Å². The van der Waals surface area contributed by atoms with Gasteiger partial charge in [0.25, 0.3) is 0 Å². The normalized spacial score (nSPS) is 12.9. The molecule has 0 aromatic heterocycles. The smallest absolute Gasteiger partial charge is 0.306 e. The van der Waals surface area contributed by atoms with Gasteiger partial charge in [-0.1, -0.05) is 228 Å². The largest absolute Gasteiger partial charge is 0.462 e. The van der Waals surface area contributed by atoms with E-state index in [4.69, 9.17) is 14.2 Å². The lowest BCUT2D eigenvalue weighted by Gasteiger charge is -2.18. The molecule has 1 unspecified atom stereocenters. The predicted molar refractivity (Wildman–Crippen MR) is 279 cm³/mol. The first kappa shape index (κ1) is 61.1. The van der Waals surface area contributed by atoms with E-state index in [0.29, 0.717) is 19.4 Å². The van der Waals surface area contributed by atoms with Gasteiger partial charge < -0.3 is 14.2 Å². The van der Waals surface area contributed by atoms with E-state index in [-0.39, 0.29) is 25.2 Å². The first-order valence-electron chi connectivity index (χ1n) is 27.1. The Morgan fingerprint density at radius 3 is 1.17 bits per heavy atom. The van der Waals surface area contributed by atoms with E-state index in [1.54, 1.807) is 0 Å². The molecule has 0 saturated heterocycles. The van der Waals surface area contributed by atoms with Crippen LogP contribution in [0.3, 0.4) is 0 Å². The van der Waals surface area contributed by atoms with Crippen LogP contribution in [0.1, 0.15) is 252 Å². The third-order valence-corrected chi connectivity index (χ3v) is 11.4. The van der Waals surface area contributed by atoms with E-state index in [9.17, 15) is 9.59 Å². The van der Waals surface area contributed by atoms with Gasteiger partial charge in [0.15, 0.2) is 6.10 Å².